The summed E-state index contributed by atoms with van der Waals surface area (Å²) >= 11 is 0. The van der Waals surface area contributed by atoms with Gasteiger partial charge in [-0.1, -0.05) is 13.8 Å². The van der Waals surface area contributed by atoms with E-state index in [-0.39, 0.29) is 0 Å². The highest BCUT2D eigenvalue weighted by molar-refractivity contribution is 5.80. The minimum atomic E-state index is 0.461. The molecule has 0 saturated carbocycles. The smallest absolute Gasteiger partial charge is 0.204 e. The summed E-state index contributed by atoms with van der Waals surface area (Å²) in [5, 5.41) is 3.50. The third-order valence-corrected chi connectivity index (χ3v) is 5.34. The van der Waals surface area contributed by atoms with Crippen LogP contribution >= 0.6 is 0 Å². The summed E-state index contributed by atoms with van der Waals surface area (Å²) in [6.07, 6.45) is 5.68. The van der Waals surface area contributed by atoms with Gasteiger partial charge in [0.1, 0.15) is 0 Å². The molecule has 2 heterocycles. The minimum Gasteiger partial charge on any atom is -0.351 e. The van der Waals surface area contributed by atoms with E-state index in [0.717, 1.165) is 37.2 Å². The molecule has 0 unspecified atom stereocenters. The van der Waals surface area contributed by atoms with Crippen molar-refractivity contribution in [2.75, 3.05) is 39.1 Å². The number of aromatic nitrogens is 2. The van der Waals surface area contributed by atoms with Crippen molar-refractivity contribution in [3.63, 3.8) is 0 Å². The van der Waals surface area contributed by atoms with Crippen LogP contribution in [0.4, 0.5) is 5.95 Å². The molecule has 0 spiro atoms. The second kappa shape index (κ2) is 7.23. The molecule has 1 aromatic rings. The zero-order valence-corrected chi connectivity index (χ0v) is 15.6. The Bertz CT molecular complexity index is 541. The molecule has 0 radical (unpaired) electrons. The van der Waals surface area contributed by atoms with Crippen molar-refractivity contribution in [2.45, 2.75) is 39.7 Å². The highest BCUT2D eigenvalue weighted by Gasteiger charge is 2.36. The SMILES string of the molecule is CCC1(CC)CCN(C(=NC)NCc2cnc(N(C)C)n2C)C1. The summed E-state index contributed by atoms with van der Waals surface area (Å²) in [4.78, 5) is 13.4. The van der Waals surface area contributed by atoms with E-state index in [9.17, 15) is 0 Å². The molecule has 1 aromatic heterocycles. The van der Waals surface area contributed by atoms with Gasteiger partial charge in [-0.25, -0.2) is 4.98 Å². The van der Waals surface area contributed by atoms with Gasteiger partial charge in [0.05, 0.1) is 18.4 Å². The molecule has 2 rings (SSSR count). The number of rotatable bonds is 5. The molecule has 6 heteroatoms. The van der Waals surface area contributed by atoms with Gasteiger partial charge in [0.25, 0.3) is 0 Å². The minimum absolute atomic E-state index is 0.461. The van der Waals surface area contributed by atoms with Crippen LogP contribution in [0, 0.1) is 5.41 Å². The first kappa shape index (κ1) is 17.6. The summed E-state index contributed by atoms with van der Waals surface area (Å²) in [5.74, 6) is 1.97. The van der Waals surface area contributed by atoms with E-state index < -0.39 is 0 Å². The number of hydrogen-bond donors (Lipinski definition) is 1. The first-order chi connectivity index (χ1) is 11.0. The van der Waals surface area contributed by atoms with Crippen molar-refractivity contribution >= 4 is 11.9 Å². The maximum Gasteiger partial charge on any atom is 0.204 e. The second-order valence-corrected chi connectivity index (χ2v) is 6.78. The lowest BCUT2D eigenvalue weighted by atomic mass is 9.82. The fourth-order valence-electron chi connectivity index (χ4n) is 3.46. The van der Waals surface area contributed by atoms with E-state index in [4.69, 9.17) is 0 Å². The van der Waals surface area contributed by atoms with Crippen LogP contribution in [0.25, 0.3) is 0 Å². The highest BCUT2D eigenvalue weighted by atomic mass is 15.3. The Kier molecular flexibility index (Phi) is 5.55. The zero-order chi connectivity index (χ0) is 17.0. The van der Waals surface area contributed by atoms with Crippen LogP contribution in [0.2, 0.25) is 0 Å². The molecule has 0 amide bonds. The number of hydrogen-bond acceptors (Lipinski definition) is 3. The molecule has 0 bridgehead atoms. The number of nitrogens with one attached hydrogen (secondary N) is 1. The van der Waals surface area contributed by atoms with Crippen LogP contribution in [0.3, 0.4) is 0 Å². The summed E-state index contributed by atoms with van der Waals surface area (Å²) in [7, 11) is 7.95. The van der Waals surface area contributed by atoms with Gasteiger partial charge >= 0.3 is 0 Å². The first-order valence-corrected chi connectivity index (χ1v) is 8.60. The standard InChI is InChI=1S/C17H32N6/c1-7-17(8-2)9-10-23(13-17)15(18-3)19-11-14-12-20-16(21(4)5)22(14)6/h12H,7-11,13H2,1-6H3,(H,18,19). The third-order valence-electron chi connectivity index (χ3n) is 5.34. The second-order valence-electron chi connectivity index (χ2n) is 6.78. The van der Waals surface area contributed by atoms with E-state index in [1.807, 2.05) is 32.2 Å². The van der Waals surface area contributed by atoms with Gasteiger partial charge in [-0.3, -0.25) is 4.99 Å². The number of guanidine groups is 1. The van der Waals surface area contributed by atoms with E-state index in [0.29, 0.717) is 5.41 Å². The Balaban J connectivity index is 1.99. The number of anilines is 1. The van der Waals surface area contributed by atoms with Gasteiger partial charge in [-0.05, 0) is 24.7 Å². The van der Waals surface area contributed by atoms with Crippen molar-refractivity contribution in [3.05, 3.63) is 11.9 Å². The van der Waals surface area contributed by atoms with Gasteiger partial charge in [-0.15, -0.1) is 0 Å². The number of aliphatic imine (C=N–C) groups is 1. The number of imidazole rings is 1. The lowest BCUT2D eigenvalue weighted by Gasteiger charge is -2.28. The molecule has 23 heavy (non-hydrogen) atoms. The van der Waals surface area contributed by atoms with Gasteiger partial charge in [0.15, 0.2) is 5.96 Å². The van der Waals surface area contributed by atoms with Crippen LogP contribution in [0.1, 0.15) is 38.8 Å². The van der Waals surface area contributed by atoms with E-state index >= 15 is 0 Å². The Morgan fingerprint density at radius 2 is 2.09 bits per heavy atom. The summed E-state index contributed by atoms with van der Waals surface area (Å²) in [5.41, 5.74) is 1.62. The zero-order valence-electron chi connectivity index (χ0n) is 15.6. The van der Waals surface area contributed by atoms with Crippen molar-refractivity contribution in [2.24, 2.45) is 17.5 Å². The Morgan fingerprint density at radius 1 is 1.39 bits per heavy atom. The molecule has 1 fully saturated rings. The molecule has 0 aliphatic carbocycles. The first-order valence-electron chi connectivity index (χ1n) is 8.60. The number of likely N-dealkylation sites (tertiary alicyclic amines) is 1. The molecule has 1 aliphatic rings. The van der Waals surface area contributed by atoms with Crippen molar-refractivity contribution in [3.8, 4) is 0 Å². The van der Waals surface area contributed by atoms with Gasteiger partial charge in [0, 0.05) is 41.3 Å². The van der Waals surface area contributed by atoms with Crippen molar-refractivity contribution in [1.29, 1.82) is 0 Å². The maximum absolute atomic E-state index is 4.48. The average molecular weight is 320 g/mol. The molecule has 1 N–H and O–H groups in total. The molecule has 130 valence electrons. The fourth-order valence-corrected chi connectivity index (χ4v) is 3.46. The predicted molar refractivity (Wildman–Crippen MR) is 96.9 cm³/mol. The highest BCUT2D eigenvalue weighted by Crippen LogP contribution is 2.36. The Hall–Kier alpha value is -1.72. The maximum atomic E-state index is 4.48. The van der Waals surface area contributed by atoms with Gasteiger partial charge in [-0.2, -0.15) is 0 Å². The quantitative estimate of drug-likeness (QED) is 0.666. The fraction of sp³-hybridized carbons (Fsp3) is 0.765. The predicted octanol–water partition coefficient (Wildman–Crippen LogP) is 2.07. The van der Waals surface area contributed by atoms with E-state index in [1.54, 1.807) is 0 Å². The third kappa shape index (κ3) is 3.62. The lowest BCUT2D eigenvalue weighted by molar-refractivity contribution is 0.276. The van der Waals surface area contributed by atoms with Crippen LogP contribution in [0.5, 0.6) is 0 Å². The van der Waals surface area contributed by atoms with Crippen molar-refractivity contribution < 1.29 is 0 Å². The molecule has 1 aliphatic heterocycles. The number of nitrogens with zero attached hydrogens (tertiary/aromatic N) is 5. The molecule has 6 nitrogen and oxygen atoms in total. The van der Waals surface area contributed by atoms with Gasteiger partial charge < -0.3 is 19.7 Å². The van der Waals surface area contributed by atoms with E-state index in [2.05, 4.69) is 45.7 Å². The summed E-state index contributed by atoms with van der Waals surface area (Å²) in [6, 6.07) is 0. The monoisotopic (exact) mass is 320 g/mol. The molecule has 1 saturated heterocycles. The largest absolute Gasteiger partial charge is 0.351 e. The van der Waals surface area contributed by atoms with Crippen LogP contribution in [-0.4, -0.2) is 54.6 Å². The van der Waals surface area contributed by atoms with Crippen LogP contribution < -0.4 is 10.2 Å². The Labute approximate surface area is 140 Å². The summed E-state index contributed by atoms with van der Waals surface area (Å²) in [6.45, 7) is 7.55. The Morgan fingerprint density at radius 3 is 2.57 bits per heavy atom. The topological polar surface area (TPSA) is 48.7 Å². The van der Waals surface area contributed by atoms with Crippen LogP contribution in [-0.2, 0) is 13.6 Å². The van der Waals surface area contributed by atoms with Crippen molar-refractivity contribution in [1.82, 2.24) is 19.8 Å². The lowest BCUT2D eigenvalue weighted by Crippen LogP contribution is -2.41. The average Bonchev–Trinajstić information content (AvgIpc) is 3.13. The van der Waals surface area contributed by atoms with Gasteiger partial charge in [0.2, 0.25) is 5.95 Å². The molecule has 0 aromatic carbocycles. The summed E-state index contributed by atoms with van der Waals surface area (Å²) < 4.78 is 2.12. The molecular formula is C17H32N6. The van der Waals surface area contributed by atoms with Crippen LogP contribution in [0.15, 0.2) is 11.2 Å². The normalized spacial score (nSPS) is 17.7. The molecular weight excluding hydrogens is 288 g/mol. The van der Waals surface area contributed by atoms with E-state index in [1.165, 1.54) is 19.3 Å². The molecule has 0 atom stereocenters.